The number of halogens is 1. The van der Waals surface area contributed by atoms with Gasteiger partial charge in [-0.05, 0) is 18.6 Å². The molecule has 0 aliphatic carbocycles. The van der Waals surface area contributed by atoms with E-state index < -0.39 is 9.84 Å². The zero-order chi connectivity index (χ0) is 15.9. The van der Waals surface area contributed by atoms with Gasteiger partial charge in [0.15, 0.2) is 5.65 Å². The van der Waals surface area contributed by atoms with Crippen LogP contribution in [0.15, 0.2) is 46.2 Å². The Balaban J connectivity index is 2.40. The number of fused-ring (bicyclic) bond motifs is 1. The Hall–Kier alpha value is -2.12. The standard InChI is InChI=1S/C14H13ClN4O2S/c1-2-10-13(22(20,21)9-6-4-3-5-7-9)14-17-11(15)8-12(16)19(14)18-10/h3-8H,2,16H2,1H3. The highest BCUT2D eigenvalue weighted by Crippen LogP contribution is 2.29. The predicted octanol–water partition coefficient (Wildman–Crippen LogP) is 2.36. The van der Waals surface area contributed by atoms with E-state index >= 15 is 0 Å². The molecule has 0 saturated heterocycles. The first-order chi connectivity index (χ1) is 10.4. The monoisotopic (exact) mass is 336 g/mol. The van der Waals surface area contributed by atoms with E-state index in [-0.39, 0.29) is 26.4 Å². The minimum atomic E-state index is -3.76. The van der Waals surface area contributed by atoms with Crippen LogP contribution in [0.4, 0.5) is 5.82 Å². The van der Waals surface area contributed by atoms with E-state index in [1.807, 2.05) is 6.92 Å². The molecule has 0 fully saturated rings. The average molecular weight is 337 g/mol. The number of aryl methyl sites for hydroxylation is 1. The summed E-state index contributed by atoms with van der Waals surface area (Å²) < 4.78 is 27.2. The molecule has 114 valence electrons. The lowest BCUT2D eigenvalue weighted by Crippen LogP contribution is -2.05. The molecule has 2 N–H and O–H groups in total. The van der Waals surface area contributed by atoms with Crippen LogP contribution in [0, 0.1) is 0 Å². The number of nitrogens with two attached hydrogens (primary N) is 1. The molecule has 8 heteroatoms. The molecular weight excluding hydrogens is 324 g/mol. The van der Waals surface area contributed by atoms with Crippen molar-refractivity contribution in [3.8, 4) is 0 Å². The number of anilines is 1. The van der Waals surface area contributed by atoms with Crippen molar-refractivity contribution in [2.45, 2.75) is 23.1 Å². The Bertz CT molecular complexity index is 952. The molecular formula is C14H13ClN4O2S. The van der Waals surface area contributed by atoms with Crippen LogP contribution in [0.5, 0.6) is 0 Å². The maximum Gasteiger partial charge on any atom is 0.212 e. The molecule has 0 aliphatic rings. The van der Waals surface area contributed by atoms with Gasteiger partial charge in [0, 0.05) is 6.07 Å². The molecule has 22 heavy (non-hydrogen) atoms. The second-order valence-electron chi connectivity index (χ2n) is 4.69. The highest BCUT2D eigenvalue weighted by atomic mass is 35.5. The summed E-state index contributed by atoms with van der Waals surface area (Å²) in [5.41, 5.74) is 6.41. The van der Waals surface area contributed by atoms with Crippen LogP contribution < -0.4 is 5.73 Å². The fourth-order valence-electron chi connectivity index (χ4n) is 2.26. The maximum atomic E-state index is 12.9. The van der Waals surface area contributed by atoms with Crippen molar-refractivity contribution < 1.29 is 8.42 Å². The lowest BCUT2D eigenvalue weighted by molar-refractivity contribution is 0.595. The number of sulfone groups is 1. The van der Waals surface area contributed by atoms with E-state index in [1.54, 1.807) is 18.2 Å². The van der Waals surface area contributed by atoms with Crippen LogP contribution in [-0.4, -0.2) is 23.0 Å². The first-order valence-electron chi connectivity index (χ1n) is 6.59. The smallest absolute Gasteiger partial charge is 0.212 e. The van der Waals surface area contributed by atoms with Gasteiger partial charge in [-0.25, -0.2) is 13.4 Å². The molecule has 0 amide bonds. The molecule has 6 nitrogen and oxygen atoms in total. The first-order valence-corrected chi connectivity index (χ1v) is 8.45. The number of nitrogens with zero attached hydrogens (tertiary/aromatic N) is 3. The van der Waals surface area contributed by atoms with E-state index in [0.29, 0.717) is 12.1 Å². The third-order valence-electron chi connectivity index (χ3n) is 3.27. The number of nitrogen functional groups attached to an aromatic ring is 1. The topological polar surface area (TPSA) is 90.3 Å². The molecule has 0 bridgehead atoms. The number of hydrogen-bond donors (Lipinski definition) is 1. The molecule has 0 radical (unpaired) electrons. The summed E-state index contributed by atoms with van der Waals surface area (Å²) in [5, 5.41) is 4.38. The largest absolute Gasteiger partial charge is 0.383 e. The van der Waals surface area contributed by atoms with Crippen molar-refractivity contribution in [1.29, 1.82) is 0 Å². The average Bonchev–Trinajstić information content (AvgIpc) is 2.87. The summed E-state index contributed by atoms with van der Waals surface area (Å²) >= 11 is 5.92. The molecule has 0 saturated carbocycles. The molecule has 3 rings (SSSR count). The molecule has 0 atom stereocenters. The van der Waals surface area contributed by atoms with Gasteiger partial charge in [0.2, 0.25) is 9.84 Å². The Morgan fingerprint density at radius 2 is 1.95 bits per heavy atom. The van der Waals surface area contributed by atoms with Crippen LogP contribution in [0.2, 0.25) is 5.15 Å². The van der Waals surface area contributed by atoms with E-state index in [4.69, 9.17) is 17.3 Å². The molecule has 1 aromatic carbocycles. The third-order valence-corrected chi connectivity index (χ3v) is 5.31. The van der Waals surface area contributed by atoms with Crippen molar-refractivity contribution in [2.75, 3.05) is 5.73 Å². The van der Waals surface area contributed by atoms with Crippen molar-refractivity contribution >= 4 is 32.9 Å². The van der Waals surface area contributed by atoms with Gasteiger partial charge in [0.1, 0.15) is 15.9 Å². The van der Waals surface area contributed by atoms with E-state index in [2.05, 4.69) is 10.1 Å². The second-order valence-corrected chi connectivity index (χ2v) is 6.96. The molecule has 0 unspecified atom stereocenters. The summed E-state index contributed by atoms with van der Waals surface area (Å²) in [4.78, 5) is 4.34. The minimum absolute atomic E-state index is 0.0513. The highest BCUT2D eigenvalue weighted by molar-refractivity contribution is 7.91. The Morgan fingerprint density at radius 3 is 2.59 bits per heavy atom. The van der Waals surface area contributed by atoms with Crippen LogP contribution in [0.3, 0.4) is 0 Å². The number of hydrogen-bond acceptors (Lipinski definition) is 5. The molecule has 0 aliphatic heterocycles. The van der Waals surface area contributed by atoms with Crippen LogP contribution >= 0.6 is 11.6 Å². The molecule has 3 aromatic rings. The van der Waals surface area contributed by atoms with Gasteiger partial charge >= 0.3 is 0 Å². The van der Waals surface area contributed by atoms with E-state index in [9.17, 15) is 8.42 Å². The first kappa shape index (κ1) is 14.8. The maximum absolute atomic E-state index is 12.9. The van der Waals surface area contributed by atoms with Gasteiger partial charge in [0.25, 0.3) is 0 Å². The second kappa shape index (κ2) is 5.26. The number of aromatic nitrogens is 3. The van der Waals surface area contributed by atoms with Crippen molar-refractivity contribution in [3.63, 3.8) is 0 Å². The highest BCUT2D eigenvalue weighted by Gasteiger charge is 2.28. The quantitative estimate of drug-likeness (QED) is 0.741. The minimum Gasteiger partial charge on any atom is -0.383 e. The van der Waals surface area contributed by atoms with Crippen LogP contribution in [-0.2, 0) is 16.3 Å². The summed E-state index contributed by atoms with van der Waals surface area (Å²) in [5.74, 6) is 0.235. The fourth-order valence-corrected chi connectivity index (χ4v) is 4.07. The SMILES string of the molecule is CCc1nn2c(N)cc(Cl)nc2c1S(=O)(=O)c1ccccc1. The lowest BCUT2D eigenvalue weighted by atomic mass is 10.3. The predicted molar refractivity (Wildman–Crippen MR) is 83.7 cm³/mol. The van der Waals surface area contributed by atoms with E-state index in [0.717, 1.165) is 0 Å². The summed E-state index contributed by atoms with van der Waals surface area (Å²) in [6, 6.07) is 9.58. The van der Waals surface area contributed by atoms with Crippen molar-refractivity contribution in [2.24, 2.45) is 0 Å². The van der Waals surface area contributed by atoms with Gasteiger partial charge in [-0.15, -0.1) is 0 Å². The summed E-state index contributed by atoms with van der Waals surface area (Å²) in [7, 11) is -3.76. The summed E-state index contributed by atoms with van der Waals surface area (Å²) in [6.07, 6.45) is 0.432. The van der Waals surface area contributed by atoms with Gasteiger partial charge in [-0.1, -0.05) is 36.7 Å². The van der Waals surface area contributed by atoms with Gasteiger partial charge in [-0.3, -0.25) is 0 Å². The summed E-state index contributed by atoms with van der Waals surface area (Å²) in [6.45, 7) is 1.82. The Labute approximate surface area is 132 Å². The van der Waals surface area contributed by atoms with Crippen molar-refractivity contribution in [3.05, 3.63) is 47.2 Å². The fraction of sp³-hybridized carbons (Fsp3) is 0.143. The molecule has 2 aromatic heterocycles. The van der Waals surface area contributed by atoms with Crippen molar-refractivity contribution in [1.82, 2.24) is 14.6 Å². The van der Waals surface area contributed by atoms with Crippen LogP contribution in [0.25, 0.3) is 5.65 Å². The van der Waals surface area contributed by atoms with E-state index in [1.165, 1.54) is 22.7 Å². The molecule has 2 heterocycles. The molecule has 0 spiro atoms. The third kappa shape index (κ3) is 2.22. The zero-order valence-corrected chi connectivity index (χ0v) is 13.3. The number of benzene rings is 1. The lowest BCUT2D eigenvalue weighted by Gasteiger charge is -2.05. The Morgan fingerprint density at radius 1 is 1.27 bits per heavy atom. The normalized spacial score (nSPS) is 11.9. The zero-order valence-electron chi connectivity index (χ0n) is 11.7. The number of rotatable bonds is 3. The van der Waals surface area contributed by atoms with Gasteiger partial charge in [0.05, 0.1) is 10.6 Å². The Kier molecular flexibility index (Phi) is 3.54. The van der Waals surface area contributed by atoms with Crippen LogP contribution in [0.1, 0.15) is 12.6 Å². The van der Waals surface area contributed by atoms with Gasteiger partial charge < -0.3 is 5.73 Å². The van der Waals surface area contributed by atoms with Gasteiger partial charge in [-0.2, -0.15) is 9.61 Å².